The number of rotatable bonds is 6. The van der Waals surface area contributed by atoms with Crippen LogP contribution in [0.3, 0.4) is 0 Å². The minimum atomic E-state index is -0.186. The lowest BCUT2D eigenvalue weighted by Gasteiger charge is -2.14. The van der Waals surface area contributed by atoms with Crippen LogP contribution < -0.4 is 10.1 Å². The van der Waals surface area contributed by atoms with Crippen molar-refractivity contribution in [1.82, 2.24) is 4.98 Å². The highest BCUT2D eigenvalue weighted by Gasteiger charge is 2.14. The molecule has 1 N–H and O–H groups in total. The Hall–Kier alpha value is -3.86. The van der Waals surface area contributed by atoms with E-state index in [2.05, 4.69) is 30.2 Å². The summed E-state index contributed by atoms with van der Waals surface area (Å²) in [4.78, 5) is 16.9. The first kappa shape index (κ1) is 20.4. The smallest absolute Gasteiger partial charge is 0.255 e. The van der Waals surface area contributed by atoms with Crippen LogP contribution in [-0.2, 0) is 0 Å². The molecular formula is C26H24N2O3. The summed E-state index contributed by atoms with van der Waals surface area (Å²) in [5.41, 5.74) is 4.18. The van der Waals surface area contributed by atoms with Crippen molar-refractivity contribution in [2.75, 3.05) is 5.32 Å². The number of carbonyl (C=O) groups excluding carboxylic acids is 1. The molecule has 0 aliphatic carbocycles. The van der Waals surface area contributed by atoms with Gasteiger partial charge < -0.3 is 14.5 Å². The molecular weight excluding hydrogens is 388 g/mol. The van der Waals surface area contributed by atoms with E-state index in [1.54, 1.807) is 18.3 Å². The zero-order valence-electron chi connectivity index (χ0n) is 17.8. The van der Waals surface area contributed by atoms with E-state index < -0.39 is 0 Å². The van der Waals surface area contributed by atoms with Gasteiger partial charge in [-0.2, -0.15) is 0 Å². The number of oxazole rings is 1. The Morgan fingerprint density at radius 1 is 1.00 bits per heavy atom. The van der Waals surface area contributed by atoms with Crippen molar-refractivity contribution in [2.45, 2.75) is 26.7 Å². The average Bonchev–Trinajstić information content (AvgIpc) is 3.30. The van der Waals surface area contributed by atoms with Crippen LogP contribution in [0.25, 0.3) is 11.3 Å². The SMILES string of the molecule is Cc1ccc(C(=O)Nc2cccc(C(C)C)c2)cc1Oc1ccccc1-c1cnco1. The first-order valence-corrected chi connectivity index (χ1v) is 10.2. The minimum absolute atomic E-state index is 0.186. The molecule has 3 aromatic carbocycles. The molecule has 4 aromatic rings. The largest absolute Gasteiger partial charge is 0.456 e. The molecule has 0 fully saturated rings. The first-order chi connectivity index (χ1) is 15.0. The molecule has 1 heterocycles. The Kier molecular flexibility index (Phi) is 5.85. The van der Waals surface area contributed by atoms with E-state index >= 15 is 0 Å². The molecule has 0 unspecified atom stereocenters. The summed E-state index contributed by atoms with van der Waals surface area (Å²) in [5.74, 6) is 2.06. The second-order valence-electron chi connectivity index (χ2n) is 7.68. The van der Waals surface area contributed by atoms with E-state index in [0.717, 1.165) is 16.8 Å². The quantitative estimate of drug-likeness (QED) is 0.377. The number of nitrogens with one attached hydrogen (secondary N) is 1. The predicted octanol–water partition coefficient (Wildman–Crippen LogP) is 6.82. The maximum Gasteiger partial charge on any atom is 0.255 e. The van der Waals surface area contributed by atoms with Gasteiger partial charge in [0.2, 0.25) is 0 Å². The Balaban J connectivity index is 1.58. The fraction of sp³-hybridized carbons (Fsp3) is 0.154. The normalized spacial score (nSPS) is 10.8. The lowest BCUT2D eigenvalue weighted by molar-refractivity contribution is 0.102. The second kappa shape index (κ2) is 8.88. The lowest BCUT2D eigenvalue weighted by Crippen LogP contribution is -2.12. The average molecular weight is 412 g/mol. The van der Waals surface area contributed by atoms with Gasteiger partial charge >= 0.3 is 0 Å². The summed E-state index contributed by atoms with van der Waals surface area (Å²) in [7, 11) is 0. The van der Waals surface area contributed by atoms with E-state index in [4.69, 9.17) is 9.15 Å². The van der Waals surface area contributed by atoms with E-state index in [-0.39, 0.29) is 5.91 Å². The molecule has 31 heavy (non-hydrogen) atoms. The van der Waals surface area contributed by atoms with Crippen molar-refractivity contribution in [2.24, 2.45) is 0 Å². The zero-order valence-corrected chi connectivity index (χ0v) is 17.8. The van der Waals surface area contributed by atoms with Crippen molar-refractivity contribution >= 4 is 11.6 Å². The molecule has 0 saturated carbocycles. The van der Waals surface area contributed by atoms with Gasteiger partial charge in [-0.05, 0) is 60.4 Å². The van der Waals surface area contributed by atoms with Gasteiger partial charge in [0.1, 0.15) is 11.5 Å². The number of nitrogens with zero attached hydrogens (tertiary/aromatic N) is 1. The monoisotopic (exact) mass is 412 g/mol. The zero-order chi connectivity index (χ0) is 21.8. The van der Waals surface area contributed by atoms with Gasteiger partial charge in [-0.1, -0.05) is 44.2 Å². The van der Waals surface area contributed by atoms with Crippen molar-refractivity contribution in [3.05, 3.63) is 96.0 Å². The van der Waals surface area contributed by atoms with Crippen LogP contribution in [0.2, 0.25) is 0 Å². The van der Waals surface area contributed by atoms with Crippen LogP contribution in [-0.4, -0.2) is 10.9 Å². The molecule has 0 spiro atoms. The molecule has 156 valence electrons. The third-order valence-electron chi connectivity index (χ3n) is 5.07. The number of hydrogen-bond acceptors (Lipinski definition) is 4. The minimum Gasteiger partial charge on any atom is -0.456 e. The predicted molar refractivity (Wildman–Crippen MR) is 122 cm³/mol. The maximum atomic E-state index is 12.9. The van der Waals surface area contributed by atoms with Gasteiger partial charge in [-0.3, -0.25) is 4.79 Å². The Morgan fingerprint density at radius 3 is 2.61 bits per heavy atom. The Labute approximate surface area is 181 Å². The van der Waals surface area contributed by atoms with Crippen LogP contribution in [0.5, 0.6) is 11.5 Å². The molecule has 0 bridgehead atoms. The molecule has 4 rings (SSSR count). The van der Waals surface area contributed by atoms with Gasteiger partial charge in [0.15, 0.2) is 12.2 Å². The molecule has 0 saturated heterocycles. The number of hydrogen-bond donors (Lipinski definition) is 1. The highest BCUT2D eigenvalue weighted by molar-refractivity contribution is 6.04. The number of para-hydroxylation sites is 1. The van der Waals surface area contributed by atoms with Gasteiger partial charge in [-0.15, -0.1) is 0 Å². The fourth-order valence-electron chi connectivity index (χ4n) is 3.26. The fourth-order valence-corrected chi connectivity index (χ4v) is 3.26. The number of aryl methyl sites for hydroxylation is 1. The molecule has 0 aliphatic rings. The van der Waals surface area contributed by atoms with Crippen molar-refractivity contribution in [3.8, 4) is 22.8 Å². The first-order valence-electron chi connectivity index (χ1n) is 10.2. The van der Waals surface area contributed by atoms with Crippen LogP contribution in [0.15, 0.2) is 83.7 Å². The van der Waals surface area contributed by atoms with Crippen LogP contribution in [0, 0.1) is 6.92 Å². The van der Waals surface area contributed by atoms with Crippen molar-refractivity contribution < 1.29 is 13.9 Å². The summed E-state index contributed by atoms with van der Waals surface area (Å²) in [6.45, 7) is 6.20. The number of carbonyl (C=O) groups is 1. The van der Waals surface area contributed by atoms with Crippen molar-refractivity contribution in [3.63, 3.8) is 0 Å². The lowest BCUT2D eigenvalue weighted by atomic mass is 10.0. The maximum absolute atomic E-state index is 12.9. The highest BCUT2D eigenvalue weighted by atomic mass is 16.5. The van der Waals surface area contributed by atoms with E-state index in [9.17, 15) is 4.79 Å². The molecule has 1 aromatic heterocycles. The molecule has 0 aliphatic heterocycles. The molecule has 0 atom stereocenters. The summed E-state index contributed by atoms with van der Waals surface area (Å²) in [6, 6.07) is 20.9. The number of ether oxygens (including phenoxy) is 1. The molecule has 0 radical (unpaired) electrons. The van der Waals surface area contributed by atoms with Gasteiger partial charge in [0.05, 0.1) is 11.8 Å². The molecule has 5 nitrogen and oxygen atoms in total. The standard InChI is InChI=1S/C26H24N2O3/c1-17(2)19-7-6-8-21(13-19)28-26(29)20-12-11-18(3)24(14-20)31-23-10-5-4-9-22(23)25-15-27-16-30-25/h4-17H,1-3H3,(H,28,29). The van der Waals surface area contributed by atoms with Crippen LogP contribution in [0.4, 0.5) is 5.69 Å². The molecule has 5 heteroatoms. The topological polar surface area (TPSA) is 64.4 Å². The highest BCUT2D eigenvalue weighted by Crippen LogP contribution is 2.34. The van der Waals surface area contributed by atoms with Crippen LogP contribution in [0.1, 0.15) is 41.3 Å². The van der Waals surface area contributed by atoms with E-state index in [1.807, 2.05) is 55.5 Å². The van der Waals surface area contributed by atoms with Gasteiger partial charge in [0, 0.05) is 11.3 Å². The van der Waals surface area contributed by atoms with E-state index in [1.165, 1.54) is 12.0 Å². The van der Waals surface area contributed by atoms with Crippen LogP contribution >= 0.6 is 0 Å². The number of amides is 1. The van der Waals surface area contributed by atoms with Gasteiger partial charge in [-0.25, -0.2) is 4.98 Å². The summed E-state index contributed by atoms with van der Waals surface area (Å²) < 4.78 is 11.6. The number of benzene rings is 3. The Bertz CT molecular complexity index is 1200. The van der Waals surface area contributed by atoms with E-state index in [0.29, 0.717) is 28.7 Å². The summed E-state index contributed by atoms with van der Waals surface area (Å²) in [5, 5.41) is 2.98. The summed E-state index contributed by atoms with van der Waals surface area (Å²) in [6.07, 6.45) is 3.03. The second-order valence-corrected chi connectivity index (χ2v) is 7.68. The van der Waals surface area contributed by atoms with Crippen molar-refractivity contribution in [1.29, 1.82) is 0 Å². The van der Waals surface area contributed by atoms with Gasteiger partial charge in [0.25, 0.3) is 5.91 Å². The molecule has 1 amide bonds. The number of aromatic nitrogens is 1. The third kappa shape index (κ3) is 4.67. The Morgan fingerprint density at radius 2 is 1.84 bits per heavy atom. The third-order valence-corrected chi connectivity index (χ3v) is 5.07. The number of anilines is 1. The summed E-state index contributed by atoms with van der Waals surface area (Å²) >= 11 is 0.